The number of aldehydes is 1. The van der Waals surface area contributed by atoms with Crippen LogP contribution >= 0.6 is 0 Å². The Hall–Kier alpha value is -9.93. The van der Waals surface area contributed by atoms with Gasteiger partial charge in [-0.1, -0.05) is 208 Å². The van der Waals surface area contributed by atoms with Gasteiger partial charge in [-0.15, -0.1) is 0 Å². The summed E-state index contributed by atoms with van der Waals surface area (Å²) in [7, 11) is 4.94. The SMILES string of the molecule is CCC(C)c1ccc(OC(C)OCCCc2ccc(C)cc2C)cc1.CCC(C)c1ccc(OC(C)OCCCc2ccc(OC)cc2)cc1.CCC(C)c1ccc(OC(C)OCCCc2ccc(OC)cc2C=O)cc1.CCC(C)c1ccc(OC(C)OCc2ccc(C)cc2C)cc1.CCC(C)c1ccc(OC(C)OCc2ccc(OC)cc2)cc1. The highest BCUT2D eigenvalue weighted by Gasteiger charge is 2.15. The van der Waals surface area contributed by atoms with Crippen LogP contribution in [0.3, 0.4) is 0 Å². The van der Waals surface area contributed by atoms with Crippen molar-refractivity contribution >= 4 is 6.29 Å². The molecule has 10 atom stereocenters. The molecule has 0 bridgehead atoms. The second-order valence-corrected chi connectivity index (χ2v) is 32.1. The molecule has 10 rings (SSSR count). The minimum atomic E-state index is -0.319. The Balaban J connectivity index is 0.000000238. The lowest BCUT2D eigenvalue weighted by Crippen LogP contribution is -2.17. The molecule has 0 saturated heterocycles. The van der Waals surface area contributed by atoms with Gasteiger partial charge in [0.05, 0.1) is 54.4 Å². The van der Waals surface area contributed by atoms with Crippen molar-refractivity contribution in [3.63, 3.8) is 0 Å². The summed E-state index contributed by atoms with van der Waals surface area (Å²) in [5.41, 5.74) is 18.6. The topological polar surface area (TPSA) is 137 Å². The van der Waals surface area contributed by atoms with E-state index in [1.165, 1.54) is 66.8 Å². The molecule has 10 unspecified atom stereocenters. The zero-order chi connectivity index (χ0) is 89.4. The fourth-order valence-corrected chi connectivity index (χ4v) is 13.3. The normalized spacial score (nSPS) is 13.3. The Kier molecular flexibility index (Phi) is 47.0. The summed E-state index contributed by atoms with van der Waals surface area (Å²) in [6.07, 6.45) is 10.8. The van der Waals surface area contributed by atoms with Crippen molar-refractivity contribution in [2.24, 2.45) is 0 Å². The number of ether oxygens (including phenoxy) is 13. The Morgan fingerprint density at radius 3 is 0.846 bits per heavy atom. The lowest BCUT2D eigenvalue weighted by molar-refractivity contribution is -0.0762. The van der Waals surface area contributed by atoms with Gasteiger partial charge in [-0.25, -0.2) is 0 Å². The first kappa shape index (κ1) is 102. The summed E-state index contributed by atoms with van der Waals surface area (Å²) in [4.78, 5) is 11.2. The first-order chi connectivity index (χ1) is 59.3. The second-order valence-electron chi connectivity index (χ2n) is 32.1. The minimum Gasteiger partial charge on any atom is -0.497 e. The molecule has 0 aliphatic rings. The molecule has 0 aromatic heterocycles. The molecule has 0 aliphatic heterocycles. The van der Waals surface area contributed by atoms with E-state index in [1.54, 1.807) is 27.4 Å². The van der Waals surface area contributed by atoms with E-state index in [-0.39, 0.29) is 31.5 Å². The first-order valence-electron chi connectivity index (χ1n) is 44.7. The molecule has 123 heavy (non-hydrogen) atoms. The Morgan fingerprint density at radius 1 is 0.268 bits per heavy atom. The van der Waals surface area contributed by atoms with Crippen molar-refractivity contribution < 1.29 is 66.4 Å². The van der Waals surface area contributed by atoms with E-state index in [2.05, 4.69) is 206 Å². The van der Waals surface area contributed by atoms with Crippen molar-refractivity contribution in [2.75, 3.05) is 41.2 Å². The molecule has 0 heterocycles. The standard InChI is InChI=1S/C23H30O4.C23H32O2.C22H30O3.C21H28O2.C20H26O3/c1-5-17(2)19-8-11-22(12-9-19)27-18(3)26-14-6-7-20-10-13-23(25-4)15-21(20)16-24;1-6-18(3)22-11-13-23(14-12-22)25-20(5)24-15-7-8-21-10-9-17(2)16-19(21)4;1-5-17(2)20-10-14-22(15-11-20)25-18(3)24-16-6-7-19-8-12-21(23-4)13-9-19;1-6-16(3)19-9-11-21(12-10-19)23-18(5)22-14-20-8-7-15(2)13-17(20)4;1-5-15(2)18-8-12-20(13-9-18)23-16(3)22-14-17-6-10-19(21-4)11-7-17/h8-13,15-18H,5-7,14H2,1-4H3;9-14,16,18,20H,6-8,15H2,1-5H3;8-15,17-18H,5-7,16H2,1-4H3;7-13,16,18H,6,14H2,1-5H3;6-13,15-16H,5,14H2,1-4H3. The Labute approximate surface area is 739 Å². The molecule has 0 N–H and O–H groups in total. The second kappa shape index (κ2) is 56.8. The summed E-state index contributed by atoms with van der Waals surface area (Å²) in [5, 5.41) is 0. The van der Waals surface area contributed by atoms with Crippen LogP contribution < -0.4 is 37.9 Å². The van der Waals surface area contributed by atoms with Crippen molar-refractivity contribution in [1.82, 2.24) is 0 Å². The third kappa shape index (κ3) is 38.4. The molecule has 0 radical (unpaired) electrons. The number of benzene rings is 10. The molecule has 10 aromatic carbocycles. The maximum atomic E-state index is 11.2. The summed E-state index contributed by atoms with van der Waals surface area (Å²) in [6, 6.07) is 76.2. The molecule has 666 valence electrons. The lowest BCUT2D eigenvalue weighted by atomic mass is 9.99. The van der Waals surface area contributed by atoms with E-state index in [0.29, 0.717) is 73.9 Å². The average molecular weight is 1680 g/mol. The predicted molar refractivity (Wildman–Crippen MR) is 505 cm³/mol. The maximum absolute atomic E-state index is 11.2. The Morgan fingerprint density at radius 2 is 0.537 bits per heavy atom. The quantitative estimate of drug-likeness (QED) is 0.0203. The molecular weight excluding hydrogens is 1530 g/mol. The zero-order valence-corrected chi connectivity index (χ0v) is 78.2. The fourth-order valence-electron chi connectivity index (χ4n) is 13.3. The number of hydrogen-bond acceptors (Lipinski definition) is 14. The summed E-state index contributed by atoms with van der Waals surface area (Å²) < 4.78 is 73.5. The number of carbonyl (C=O) groups excluding carboxylic acids is 1. The lowest BCUT2D eigenvalue weighted by Gasteiger charge is -2.17. The van der Waals surface area contributed by atoms with Crippen molar-refractivity contribution in [3.8, 4) is 46.0 Å². The van der Waals surface area contributed by atoms with Gasteiger partial charge < -0.3 is 61.6 Å². The smallest absolute Gasteiger partial charge is 0.197 e. The van der Waals surface area contributed by atoms with Gasteiger partial charge >= 0.3 is 0 Å². The van der Waals surface area contributed by atoms with Crippen LogP contribution in [0.4, 0.5) is 0 Å². The third-order valence-corrected chi connectivity index (χ3v) is 22.4. The largest absolute Gasteiger partial charge is 0.497 e. The molecule has 10 aromatic rings. The van der Waals surface area contributed by atoms with Crippen LogP contribution in [0.1, 0.15) is 273 Å². The van der Waals surface area contributed by atoms with Crippen LogP contribution in [0, 0.1) is 27.7 Å². The molecule has 14 nitrogen and oxygen atoms in total. The van der Waals surface area contributed by atoms with Crippen molar-refractivity contribution in [1.29, 1.82) is 0 Å². The summed E-state index contributed by atoms with van der Waals surface area (Å²) in [6.45, 7) is 43.4. The Bertz CT molecular complexity index is 4490. The molecule has 0 fully saturated rings. The van der Waals surface area contributed by atoms with Crippen LogP contribution in [0.2, 0.25) is 0 Å². The van der Waals surface area contributed by atoms with Crippen LogP contribution in [0.25, 0.3) is 0 Å². The average Bonchev–Trinajstić information content (AvgIpc) is 0.904. The van der Waals surface area contributed by atoms with Gasteiger partial charge in [0.25, 0.3) is 0 Å². The highest BCUT2D eigenvalue weighted by atomic mass is 16.7. The molecule has 0 spiro atoms. The molecule has 0 amide bonds. The van der Waals surface area contributed by atoms with E-state index in [9.17, 15) is 4.79 Å². The van der Waals surface area contributed by atoms with Crippen LogP contribution in [-0.4, -0.2) is 78.9 Å². The molecule has 0 aliphatic carbocycles. The summed E-state index contributed by atoms with van der Waals surface area (Å²) in [5.74, 6) is 9.55. The number of methoxy groups -OCH3 is 3. The van der Waals surface area contributed by atoms with Gasteiger partial charge in [0.15, 0.2) is 31.5 Å². The molecule has 14 heteroatoms. The van der Waals surface area contributed by atoms with E-state index in [1.807, 2.05) is 144 Å². The number of aryl methyl sites for hydroxylation is 7. The number of carbonyl (C=O) groups is 1. The van der Waals surface area contributed by atoms with E-state index >= 15 is 0 Å². The monoisotopic (exact) mass is 1680 g/mol. The first-order valence-corrected chi connectivity index (χ1v) is 44.7. The van der Waals surface area contributed by atoms with E-state index in [4.69, 9.17) is 61.6 Å². The van der Waals surface area contributed by atoms with Gasteiger partial charge in [-0.2, -0.15) is 0 Å². The van der Waals surface area contributed by atoms with E-state index < -0.39 is 0 Å². The molecule has 0 saturated carbocycles. The van der Waals surface area contributed by atoms with Gasteiger partial charge in [-0.05, 0) is 326 Å². The molecular formula is C109H146O14. The minimum absolute atomic E-state index is 0.228. The third-order valence-electron chi connectivity index (χ3n) is 22.4. The van der Waals surface area contributed by atoms with E-state index in [0.717, 1.165) is 128 Å². The van der Waals surface area contributed by atoms with Gasteiger partial charge in [0, 0.05) is 5.56 Å². The zero-order valence-electron chi connectivity index (χ0n) is 78.2. The van der Waals surface area contributed by atoms with Crippen LogP contribution in [0.5, 0.6) is 46.0 Å². The maximum Gasteiger partial charge on any atom is 0.197 e. The fraction of sp³-hybridized carbons (Fsp3) is 0.440. The van der Waals surface area contributed by atoms with Crippen molar-refractivity contribution in [3.05, 3.63) is 308 Å². The van der Waals surface area contributed by atoms with Gasteiger partial charge in [0.2, 0.25) is 0 Å². The highest BCUT2D eigenvalue weighted by Crippen LogP contribution is 2.30. The van der Waals surface area contributed by atoms with Gasteiger partial charge in [0.1, 0.15) is 52.3 Å². The van der Waals surface area contributed by atoms with Crippen molar-refractivity contribution in [2.45, 2.75) is 276 Å². The predicted octanol–water partition coefficient (Wildman–Crippen LogP) is 28.1. The van der Waals surface area contributed by atoms with Crippen LogP contribution in [-0.2, 0) is 56.2 Å². The van der Waals surface area contributed by atoms with Gasteiger partial charge in [-0.3, -0.25) is 4.79 Å². The number of rotatable bonds is 45. The summed E-state index contributed by atoms with van der Waals surface area (Å²) >= 11 is 0. The van der Waals surface area contributed by atoms with Crippen LogP contribution in [0.15, 0.2) is 224 Å². The highest BCUT2D eigenvalue weighted by molar-refractivity contribution is 5.78. The number of hydrogen-bond donors (Lipinski definition) is 0.